The van der Waals surface area contributed by atoms with Gasteiger partial charge in [0, 0.05) is 30.3 Å². The maximum atomic E-state index is 10.6. The minimum atomic E-state index is -4.17. The molecule has 0 aromatic heterocycles. The van der Waals surface area contributed by atoms with Crippen molar-refractivity contribution in [2.24, 2.45) is 0 Å². The molecule has 16 nitrogen and oxygen atoms in total. The first-order valence-corrected chi connectivity index (χ1v) is 22.5. The van der Waals surface area contributed by atoms with Gasteiger partial charge in [-0.25, -0.2) is 16.8 Å². The number of hydrogen-bond acceptors (Lipinski definition) is 16. The summed E-state index contributed by atoms with van der Waals surface area (Å²) in [6.45, 7) is 19.9. The molecule has 0 aliphatic rings. The van der Waals surface area contributed by atoms with Crippen LogP contribution in [0.1, 0.15) is 78.4 Å². The quantitative estimate of drug-likeness (QED) is 0.0399. The smallest absolute Gasteiger partial charge is 0.748 e. The van der Waals surface area contributed by atoms with Crippen molar-refractivity contribution in [2.75, 3.05) is 130 Å². The van der Waals surface area contributed by atoms with Crippen molar-refractivity contribution in [1.29, 1.82) is 0 Å². The Hall–Kier alpha value is 1.59. The van der Waals surface area contributed by atoms with Crippen LogP contribution in [0.2, 0.25) is 0 Å². The van der Waals surface area contributed by atoms with Gasteiger partial charge in [0.25, 0.3) is 0 Å². The third-order valence-electron chi connectivity index (χ3n) is 7.79. The molecule has 1 rings (SSSR count). The molecule has 0 N–H and O–H groups in total. The summed E-state index contributed by atoms with van der Waals surface area (Å²) in [4.78, 5) is 0. The van der Waals surface area contributed by atoms with Gasteiger partial charge in [-0.1, -0.05) is 47.6 Å². The summed E-state index contributed by atoms with van der Waals surface area (Å²) in [7, 11) is -8.33. The summed E-state index contributed by atoms with van der Waals surface area (Å²) < 4.78 is 120. The van der Waals surface area contributed by atoms with E-state index in [0.717, 1.165) is 11.1 Å². The van der Waals surface area contributed by atoms with Gasteiger partial charge in [0.1, 0.15) is 13.2 Å². The molecule has 0 bridgehead atoms. The van der Waals surface area contributed by atoms with Crippen LogP contribution >= 0.6 is 0 Å². The molecule has 330 valence electrons. The molecule has 0 aliphatic carbocycles. The summed E-state index contributed by atoms with van der Waals surface area (Å²) >= 11 is 0. The maximum Gasteiger partial charge on any atom is 1.00 e. The predicted molar refractivity (Wildman–Crippen MR) is 209 cm³/mol. The molecule has 0 spiro atoms. The Kier molecular flexibility index (Phi) is 38.2. The Labute approximate surface area is 433 Å². The van der Waals surface area contributed by atoms with Gasteiger partial charge in [-0.15, -0.1) is 0 Å². The molecular formula is C38H68K2O16S2. The number of benzene rings is 1. The van der Waals surface area contributed by atoms with Crippen LogP contribution in [0.25, 0.3) is 0 Å². The fraction of sp³-hybridized carbons (Fsp3) is 0.842. The van der Waals surface area contributed by atoms with E-state index in [1.54, 1.807) is 0 Å². The van der Waals surface area contributed by atoms with E-state index in [9.17, 15) is 25.9 Å². The van der Waals surface area contributed by atoms with Gasteiger partial charge < -0.3 is 56.5 Å². The fourth-order valence-corrected chi connectivity index (χ4v) is 5.87. The zero-order valence-electron chi connectivity index (χ0n) is 36.5. The molecule has 0 heterocycles. The monoisotopic (exact) mass is 922 g/mol. The van der Waals surface area contributed by atoms with E-state index in [4.69, 9.17) is 47.4 Å². The molecule has 0 fully saturated rings. The normalized spacial score (nSPS) is 12.3. The van der Waals surface area contributed by atoms with E-state index < -0.39 is 20.2 Å². The Balaban J connectivity index is 0. The second kappa shape index (κ2) is 35.9. The maximum absolute atomic E-state index is 10.6. The number of rotatable bonds is 36. The van der Waals surface area contributed by atoms with Crippen LogP contribution in [-0.4, -0.2) is 156 Å². The molecule has 20 heteroatoms. The van der Waals surface area contributed by atoms with Crippen molar-refractivity contribution in [3.8, 4) is 11.5 Å². The van der Waals surface area contributed by atoms with Crippen LogP contribution in [0.4, 0.5) is 0 Å². The second-order valence-corrected chi connectivity index (χ2v) is 17.9. The van der Waals surface area contributed by atoms with E-state index in [1.807, 2.05) is 6.07 Å². The van der Waals surface area contributed by atoms with Crippen molar-refractivity contribution in [1.82, 2.24) is 0 Å². The zero-order valence-corrected chi connectivity index (χ0v) is 44.4. The molecule has 1 aromatic rings. The number of hydrogen-bond donors (Lipinski definition) is 0. The predicted octanol–water partition coefficient (Wildman–Crippen LogP) is -2.17. The van der Waals surface area contributed by atoms with Gasteiger partial charge in [-0.3, -0.25) is 0 Å². The van der Waals surface area contributed by atoms with E-state index in [2.05, 4.69) is 47.6 Å². The molecule has 0 radical (unpaired) electrons. The average Bonchev–Trinajstić information content (AvgIpc) is 3.09. The molecule has 0 unspecified atom stereocenters. The minimum absolute atomic E-state index is 0. The zero-order chi connectivity index (χ0) is 41.8. The van der Waals surface area contributed by atoms with Crippen LogP contribution < -0.4 is 112 Å². The molecule has 1 aromatic carbocycles. The van der Waals surface area contributed by atoms with E-state index in [0.29, 0.717) is 143 Å². The Morgan fingerprint density at radius 1 is 0.431 bits per heavy atom. The third kappa shape index (κ3) is 36.0. The third-order valence-corrected chi connectivity index (χ3v) is 9.36. The molecule has 0 saturated heterocycles. The minimum Gasteiger partial charge on any atom is -0.748 e. The standard InChI is InChI=1S/C38H70O16S2.2K/c1-37(2,3)33-31-34(38(4,5)6)36(54-28-26-52-24-22-50-20-18-48-16-14-46-12-8-10-30-56(42,43)44)35(32-33)53-27-25-51-23-21-49-19-17-47-15-13-45-11-7-9-29-55(39,40)41;;/h31-32H,7-30H2,1-6H3,(H,39,40,41)(H,42,43,44);;/q;2*+1/p-2. The largest absolute Gasteiger partial charge is 1.00 e. The van der Waals surface area contributed by atoms with Crippen molar-refractivity contribution < 1.29 is 176 Å². The average molecular weight is 923 g/mol. The van der Waals surface area contributed by atoms with Gasteiger partial charge in [0.05, 0.1) is 113 Å². The molecule has 0 aliphatic heterocycles. The van der Waals surface area contributed by atoms with Crippen LogP contribution in [0.3, 0.4) is 0 Å². The SMILES string of the molecule is CC(C)(C)c1cc(OCCOCCOCCOCCOCCCCS(=O)(=O)[O-])c(OCCOCCOCCOCCOCCCCS(=O)(=O)[O-])c(C(C)(C)C)c1.[K+].[K+]. The Morgan fingerprint density at radius 3 is 1.05 bits per heavy atom. The summed E-state index contributed by atoms with van der Waals surface area (Å²) in [6.07, 6.45) is 1.59. The van der Waals surface area contributed by atoms with Gasteiger partial charge in [0.15, 0.2) is 11.5 Å². The van der Waals surface area contributed by atoms with Crippen molar-refractivity contribution in [3.05, 3.63) is 23.3 Å². The first-order chi connectivity index (χ1) is 26.4. The summed E-state index contributed by atoms with van der Waals surface area (Å²) in [5.74, 6) is 0.603. The molecule has 0 atom stereocenters. The van der Waals surface area contributed by atoms with Crippen LogP contribution in [-0.2, 0) is 69.0 Å². The van der Waals surface area contributed by atoms with E-state index in [-0.39, 0.29) is 138 Å². The van der Waals surface area contributed by atoms with Crippen LogP contribution in [0, 0.1) is 0 Å². The van der Waals surface area contributed by atoms with Gasteiger partial charge in [-0.2, -0.15) is 0 Å². The second-order valence-electron chi connectivity index (χ2n) is 14.9. The molecular weight excluding hydrogens is 855 g/mol. The van der Waals surface area contributed by atoms with E-state index in [1.165, 1.54) is 0 Å². The first kappa shape index (κ1) is 61.7. The molecule has 58 heavy (non-hydrogen) atoms. The Bertz CT molecular complexity index is 1370. The summed E-state index contributed by atoms with van der Waals surface area (Å²) in [5.41, 5.74) is 1.86. The van der Waals surface area contributed by atoms with Gasteiger partial charge in [0.2, 0.25) is 0 Å². The van der Waals surface area contributed by atoms with Crippen molar-refractivity contribution >= 4 is 20.2 Å². The van der Waals surface area contributed by atoms with Gasteiger partial charge in [-0.05, 0) is 48.1 Å². The fourth-order valence-electron chi connectivity index (χ4n) is 4.75. The molecule has 0 amide bonds. The van der Waals surface area contributed by atoms with Crippen LogP contribution in [0.15, 0.2) is 12.1 Å². The van der Waals surface area contributed by atoms with Gasteiger partial charge >= 0.3 is 103 Å². The van der Waals surface area contributed by atoms with Crippen LogP contribution in [0.5, 0.6) is 11.5 Å². The number of unbranched alkanes of at least 4 members (excludes halogenated alkanes) is 2. The molecule has 0 saturated carbocycles. The topological polar surface area (TPSA) is 207 Å². The summed E-state index contributed by atoms with van der Waals surface area (Å²) in [5, 5.41) is 0. The first-order valence-electron chi connectivity index (χ1n) is 19.3. The summed E-state index contributed by atoms with van der Waals surface area (Å²) in [6, 6.07) is 4.23. The van der Waals surface area contributed by atoms with Crippen molar-refractivity contribution in [2.45, 2.75) is 78.1 Å². The van der Waals surface area contributed by atoms with E-state index >= 15 is 0 Å². The van der Waals surface area contributed by atoms with Crippen molar-refractivity contribution in [3.63, 3.8) is 0 Å². The number of ether oxygens (including phenoxy) is 10. The Morgan fingerprint density at radius 2 is 0.741 bits per heavy atom.